The molecule has 1 aromatic rings. The Bertz CT molecular complexity index is 504. The van der Waals surface area contributed by atoms with Gasteiger partial charge in [-0.25, -0.2) is 0 Å². The second kappa shape index (κ2) is 9.64. The lowest BCUT2D eigenvalue weighted by molar-refractivity contribution is -0.132. The van der Waals surface area contributed by atoms with Crippen molar-refractivity contribution in [2.75, 3.05) is 19.6 Å². The normalized spacial score (nSPS) is 16.1. The second-order valence-electron chi connectivity index (χ2n) is 5.67. The molecule has 7 heteroatoms. The largest absolute Gasteiger partial charge is 0.392 e. The smallest absolute Gasteiger partial charge is 0.222 e. The number of nitrogens with one attached hydrogen (secondary N) is 1. The SMILES string of the molecule is O=Nc1ccc(SNCC(O)CCC(=O)N2CCCCC2)cc1. The van der Waals surface area contributed by atoms with Crippen LogP contribution in [0.1, 0.15) is 32.1 Å². The predicted molar refractivity (Wildman–Crippen MR) is 91.4 cm³/mol. The van der Waals surface area contributed by atoms with Crippen LogP contribution in [0.3, 0.4) is 0 Å². The molecule has 1 unspecified atom stereocenters. The van der Waals surface area contributed by atoms with Crippen LogP contribution in [0.2, 0.25) is 0 Å². The second-order valence-corrected chi connectivity index (χ2v) is 6.63. The van der Waals surface area contributed by atoms with E-state index in [-0.39, 0.29) is 5.91 Å². The monoisotopic (exact) mass is 337 g/mol. The summed E-state index contributed by atoms with van der Waals surface area (Å²) >= 11 is 1.38. The Morgan fingerprint density at radius 2 is 1.96 bits per heavy atom. The Morgan fingerprint density at radius 1 is 1.26 bits per heavy atom. The first-order valence-electron chi connectivity index (χ1n) is 7.98. The van der Waals surface area contributed by atoms with Crippen molar-refractivity contribution in [3.8, 4) is 0 Å². The van der Waals surface area contributed by atoms with Crippen LogP contribution in [0.15, 0.2) is 34.3 Å². The molecule has 0 saturated carbocycles. The number of benzene rings is 1. The number of nitroso groups, excluding NO2 is 1. The quantitative estimate of drug-likeness (QED) is 0.563. The van der Waals surface area contributed by atoms with Gasteiger partial charge in [0.2, 0.25) is 5.91 Å². The molecule has 126 valence electrons. The molecule has 1 aromatic carbocycles. The molecule has 1 aliphatic heterocycles. The maximum absolute atomic E-state index is 12.0. The Kier molecular flexibility index (Phi) is 7.51. The molecule has 6 nitrogen and oxygen atoms in total. The van der Waals surface area contributed by atoms with Crippen LogP contribution in [-0.4, -0.2) is 41.7 Å². The van der Waals surface area contributed by atoms with Crippen molar-refractivity contribution < 1.29 is 9.90 Å². The van der Waals surface area contributed by atoms with Crippen molar-refractivity contribution >= 4 is 23.5 Å². The highest BCUT2D eigenvalue weighted by Gasteiger charge is 2.17. The summed E-state index contributed by atoms with van der Waals surface area (Å²) in [4.78, 5) is 25.2. The van der Waals surface area contributed by atoms with Crippen LogP contribution in [0.25, 0.3) is 0 Å². The first kappa shape index (κ1) is 17.9. The molecule has 0 spiro atoms. The van der Waals surface area contributed by atoms with Gasteiger partial charge in [-0.1, -0.05) is 0 Å². The predicted octanol–water partition coefficient (Wildman–Crippen LogP) is 2.83. The fourth-order valence-corrected chi connectivity index (χ4v) is 3.20. The van der Waals surface area contributed by atoms with E-state index >= 15 is 0 Å². The number of amides is 1. The summed E-state index contributed by atoms with van der Waals surface area (Å²) in [6.07, 6.45) is 3.70. The topological polar surface area (TPSA) is 82.0 Å². The molecule has 1 amide bonds. The van der Waals surface area contributed by atoms with Gasteiger partial charge in [0.15, 0.2) is 0 Å². The molecule has 1 saturated heterocycles. The van der Waals surface area contributed by atoms with E-state index < -0.39 is 6.10 Å². The average molecular weight is 337 g/mol. The van der Waals surface area contributed by atoms with Gasteiger partial charge in [0, 0.05) is 31.0 Å². The van der Waals surface area contributed by atoms with Crippen molar-refractivity contribution in [3.63, 3.8) is 0 Å². The molecule has 0 aliphatic carbocycles. The van der Waals surface area contributed by atoms with Gasteiger partial charge in [-0.05, 0) is 67.1 Å². The van der Waals surface area contributed by atoms with Crippen LogP contribution in [0.5, 0.6) is 0 Å². The van der Waals surface area contributed by atoms with Crippen LogP contribution >= 0.6 is 11.9 Å². The van der Waals surface area contributed by atoms with Crippen molar-refractivity contribution in [2.24, 2.45) is 5.18 Å². The van der Waals surface area contributed by atoms with Gasteiger partial charge >= 0.3 is 0 Å². The third kappa shape index (κ3) is 6.29. The molecular weight excluding hydrogens is 314 g/mol. The first-order chi connectivity index (χ1) is 11.2. The van der Waals surface area contributed by atoms with Crippen molar-refractivity contribution in [3.05, 3.63) is 29.2 Å². The molecule has 1 aliphatic rings. The van der Waals surface area contributed by atoms with E-state index in [9.17, 15) is 14.8 Å². The Hall–Kier alpha value is -1.44. The number of aliphatic hydroxyl groups is 1. The molecule has 2 rings (SSSR count). The van der Waals surface area contributed by atoms with Gasteiger partial charge in [-0.3, -0.25) is 9.52 Å². The van der Waals surface area contributed by atoms with Crippen LogP contribution in [0.4, 0.5) is 5.69 Å². The summed E-state index contributed by atoms with van der Waals surface area (Å²) in [6.45, 7) is 2.12. The Balaban J connectivity index is 1.61. The fourth-order valence-electron chi connectivity index (χ4n) is 2.49. The molecule has 0 radical (unpaired) electrons. The minimum absolute atomic E-state index is 0.147. The van der Waals surface area contributed by atoms with E-state index in [0.717, 1.165) is 30.8 Å². The Labute approximate surface area is 140 Å². The molecule has 0 aromatic heterocycles. The van der Waals surface area contributed by atoms with Gasteiger partial charge in [-0.15, -0.1) is 4.91 Å². The number of hydrogen-bond donors (Lipinski definition) is 2. The maximum atomic E-state index is 12.0. The molecule has 2 N–H and O–H groups in total. The van der Waals surface area contributed by atoms with Gasteiger partial charge in [-0.2, -0.15) is 0 Å². The van der Waals surface area contributed by atoms with Crippen molar-refractivity contribution in [1.82, 2.24) is 9.62 Å². The van der Waals surface area contributed by atoms with Crippen molar-refractivity contribution in [1.29, 1.82) is 0 Å². The fraction of sp³-hybridized carbons (Fsp3) is 0.562. The number of carbonyl (C=O) groups excluding carboxylic acids is 1. The third-order valence-corrected chi connectivity index (χ3v) is 4.67. The summed E-state index contributed by atoms with van der Waals surface area (Å²) in [6, 6.07) is 6.87. The lowest BCUT2D eigenvalue weighted by Crippen LogP contribution is -2.36. The first-order valence-corrected chi connectivity index (χ1v) is 8.79. The molecule has 1 heterocycles. The summed E-state index contributed by atoms with van der Waals surface area (Å²) in [5.74, 6) is 0.147. The number of piperidine rings is 1. The third-order valence-electron chi connectivity index (χ3n) is 3.85. The van der Waals surface area contributed by atoms with Crippen LogP contribution < -0.4 is 4.72 Å². The van der Waals surface area contributed by atoms with E-state index in [4.69, 9.17) is 0 Å². The minimum Gasteiger partial charge on any atom is -0.392 e. The maximum Gasteiger partial charge on any atom is 0.222 e. The lowest BCUT2D eigenvalue weighted by atomic mass is 10.1. The highest BCUT2D eigenvalue weighted by atomic mass is 32.2. The number of aliphatic hydroxyl groups excluding tert-OH is 1. The number of rotatable bonds is 8. The summed E-state index contributed by atoms with van der Waals surface area (Å²) in [5.41, 5.74) is 0.394. The summed E-state index contributed by atoms with van der Waals surface area (Å²) in [5, 5.41) is 12.8. The number of carbonyl (C=O) groups is 1. The zero-order chi connectivity index (χ0) is 16.5. The van der Waals surface area contributed by atoms with E-state index in [2.05, 4.69) is 9.90 Å². The van der Waals surface area contributed by atoms with E-state index in [0.29, 0.717) is 25.1 Å². The molecule has 1 fully saturated rings. The molecular formula is C16H23N3O3S. The van der Waals surface area contributed by atoms with E-state index in [1.165, 1.54) is 18.4 Å². The molecule has 0 bridgehead atoms. The van der Waals surface area contributed by atoms with E-state index in [1.807, 2.05) is 4.90 Å². The highest BCUT2D eigenvalue weighted by molar-refractivity contribution is 7.97. The van der Waals surface area contributed by atoms with Crippen molar-refractivity contribution in [2.45, 2.75) is 43.1 Å². The number of nitrogens with zero attached hydrogens (tertiary/aromatic N) is 2. The van der Waals surface area contributed by atoms with Crippen LogP contribution in [0, 0.1) is 4.91 Å². The zero-order valence-corrected chi connectivity index (χ0v) is 13.9. The molecule has 23 heavy (non-hydrogen) atoms. The van der Waals surface area contributed by atoms with E-state index in [1.54, 1.807) is 24.3 Å². The average Bonchev–Trinajstić information content (AvgIpc) is 2.61. The minimum atomic E-state index is -0.549. The van der Waals surface area contributed by atoms with Crippen LogP contribution in [-0.2, 0) is 4.79 Å². The standard InChI is InChI=1S/C16H23N3O3S/c20-14(6-9-16(21)19-10-2-1-3-11-19)12-17-23-15-7-4-13(18-22)5-8-15/h4-5,7-8,14,17,20H,1-3,6,9-12H2. The van der Waals surface area contributed by atoms with Gasteiger partial charge in [0.25, 0.3) is 0 Å². The number of hydrogen-bond acceptors (Lipinski definition) is 6. The zero-order valence-electron chi connectivity index (χ0n) is 13.1. The Morgan fingerprint density at radius 3 is 2.61 bits per heavy atom. The number of likely N-dealkylation sites (tertiary alicyclic amines) is 1. The summed E-state index contributed by atoms with van der Waals surface area (Å²) < 4.78 is 3.08. The molecule has 1 atom stereocenters. The lowest BCUT2D eigenvalue weighted by Gasteiger charge is -2.27. The van der Waals surface area contributed by atoms with Gasteiger partial charge < -0.3 is 10.0 Å². The van der Waals surface area contributed by atoms with Gasteiger partial charge in [0.05, 0.1) is 6.10 Å². The highest BCUT2D eigenvalue weighted by Crippen LogP contribution is 2.19. The van der Waals surface area contributed by atoms with Gasteiger partial charge in [0.1, 0.15) is 5.69 Å². The summed E-state index contributed by atoms with van der Waals surface area (Å²) in [7, 11) is 0.